The lowest BCUT2D eigenvalue weighted by Crippen LogP contribution is -2.12. The number of pyridine rings is 1. The Morgan fingerprint density at radius 3 is 2.92 bits per heavy atom. The molecule has 0 fully saturated rings. The van der Waals surface area contributed by atoms with E-state index >= 15 is 0 Å². The van der Waals surface area contributed by atoms with Gasteiger partial charge in [-0.3, -0.25) is 4.79 Å². The van der Waals surface area contributed by atoms with Crippen molar-refractivity contribution in [2.24, 2.45) is 0 Å². The molecule has 0 saturated carbocycles. The molecule has 0 saturated heterocycles. The lowest BCUT2D eigenvalue weighted by Gasteiger charge is -2.09. The number of nitrogens with zero attached hydrogens (tertiary/aromatic N) is 3. The summed E-state index contributed by atoms with van der Waals surface area (Å²) in [4.78, 5) is 26.9. The van der Waals surface area contributed by atoms with Crippen molar-refractivity contribution in [3.05, 3.63) is 49.5 Å². The minimum atomic E-state index is -0.0427. The first-order valence-electron chi connectivity index (χ1n) is 8.61. The molecule has 0 aliphatic heterocycles. The number of nitriles is 1. The topological polar surface area (TPSA) is 82.4 Å². The van der Waals surface area contributed by atoms with Crippen molar-refractivity contribution in [1.29, 1.82) is 5.26 Å². The van der Waals surface area contributed by atoms with Gasteiger partial charge in [0.25, 0.3) is 5.56 Å². The fraction of sp³-hybridized carbons (Fsp3) is 0.368. The summed E-state index contributed by atoms with van der Waals surface area (Å²) >= 11 is 3.10. The third kappa shape index (κ3) is 3.04. The Balaban J connectivity index is 1.67. The summed E-state index contributed by atoms with van der Waals surface area (Å²) in [6.07, 6.45) is 4.37. The van der Waals surface area contributed by atoms with Crippen LogP contribution in [0.4, 0.5) is 0 Å². The van der Waals surface area contributed by atoms with Crippen LogP contribution < -0.4 is 5.56 Å². The Morgan fingerprint density at radius 1 is 1.31 bits per heavy atom. The van der Waals surface area contributed by atoms with Crippen LogP contribution in [-0.4, -0.2) is 15.0 Å². The SMILES string of the molecule is Cc1cc(C)c(C#N)c(SCc2nc3sc4c(c3c(=O)[nH]2)CCCC4)n1. The second-order valence-electron chi connectivity index (χ2n) is 6.56. The highest BCUT2D eigenvalue weighted by Crippen LogP contribution is 2.34. The Hall–Kier alpha value is -2.17. The van der Waals surface area contributed by atoms with Crippen molar-refractivity contribution in [2.75, 3.05) is 0 Å². The lowest BCUT2D eigenvalue weighted by molar-refractivity contribution is 0.700. The van der Waals surface area contributed by atoms with Crippen LogP contribution in [0.2, 0.25) is 0 Å². The van der Waals surface area contributed by atoms with Crippen LogP contribution in [-0.2, 0) is 18.6 Å². The summed E-state index contributed by atoms with van der Waals surface area (Å²) in [5.41, 5.74) is 3.55. The highest BCUT2D eigenvalue weighted by Gasteiger charge is 2.20. The molecule has 3 aromatic heterocycles. The van der Waals surface area contributed by atoms with Crippen molar-refractivity contribution >= 4 is 33.3 Å². The molecule has 0 unspecified atom stereocenters. The standard InChI is InChI=1S/C19H18N4OS2/c1-10-7-11(2)21-18(13(10)8-20)25-9-15-22-17(24)16-12-5-3-4-6-14(12)26-19(16)23-15/h7H,3-6,9H2,1-2H3,(H,22,23,24). The highest BCUT2D eigenvalue weighted by atomic mass is 32.2. The van der Waals surface area contributed by atoms with Crippen LogP contribution in [0.15, 0.2) is 15.9 Å². The van der Waals surface area contributed by atoms with E-state index in [1.165, 1.54) is 28.6 Å². The molecule has 1 aliphatic rings. The van der Waals surface area contributed by atoms with E-state index in [9.17, 15) is 10.1 Å². The lowest BCUT2D eigenvalue weighted by atomic mass is 9.97. The molecule has 0 amide bonds. The average Bonchev–Trinajstić information content (AvgIpc) is 2.98. The molecule has 7 heteroatoms. The molecule has 0 radical (unpaired) electrons. The van der Waals surface area contributed by atoms with Crippen LogP contribution in [0.3, 0.4) is 0 Å². The molecule has 4 rings (SSSR count). The highest BCUT2D eigenvalue weighted by molar-refractivity contribution is 7.98. The molecular formula is C19H18N4OS2. The zero-order valence-electron chi connectivity index (χ0n) is 14.7. The van der Waals surface area contributed by atoms with E-state index in [2.05, 4.69) is 21.0 Å². The number of nitrogens with one attached hydrogen (secondary N) is 1. The molecule has 3 heterocycles. The fourth-order valence-electron chi connectivity index (χ4n) is 3.46. The summed E-state index contributed by atoms with van der Waals surface area (Å²) in [7, 11) is 0. The number of hydrogen-bond donors (Lipinski definition) is 1. The zero-order valence-corrected chi connectivity index (χ0v) is 16.3. The van der Waals surface area contributed by atoms with Crippen LogP contribution in [0, 0.1) is 25.2 Å². The number of aryl methyl sites for hydroxylation is 4. The van der Waals surface area contributed by atoms with Crippen molar-refractivity contribution in [3.63, 3.8) is 0 Å². The minimum Gasteiger partial charge on any atom is -0.309 e. The zero-order chi connectivity index (χ0) is 18.3. The molecule has 0 aromatic carbocycles. The van der Waals surface area contributed by atoms with Crippen LogP contribution in [0.5, 0.6) is 0 Å². The van der Waals surface area contributed by atoms with E-state index in [-0.39, 0.29) is 5.56 Å². The van der Waals surface area contributed by atoms with Gasteiger partial charge >= 0.3 is 0 Å². The second-order valence-corrected chi connectivity index (χ2v) is 8.61. The largest absolute Gasteiger partial charge is 0.309 e. The number of thiophene rings is 1. The number of aromatic amines is 1. The predicted octanol–water partition coefficient (Wildman–Crippen LogP) is 4.04. The summed E-state index contributed by atoms with van der Waals surface area (Å²) in [5, 5.41) is 10.9. The van der Waals surface area contributed by atoms with Crippen LogP contribution in [0.1, 0.15) is 45.9 Å². The smallest absolute Gasteiger partial charge is 0.259 e. The quantitative estimate of drug-likeness (QED) is 0.691. The van der Waals surface area contributed by atoms with Gasteiger partial charge in [-0.15, -0.1) is 11.3 Å². The number of thioether (sulfide) groups is 1. The number of H-pyrrole nitrogens is 1. The van der Waals surface area contributed by atoms with Crippen LogP contribution >= 0.6 is 23.1 Å². The molecule has 0 spiro atoms. The Bertz CT molecular complexity index is 1110. The monoisotopic (exact) mass is 382 g/mol. The average molecular weight is 383 g/mol. The summed E-state index contributed by atoms with van der Waals surface area (Å²) in [6, 6.07) is 4.14. The van der Waals surface area contributed by atoms with Crippen molar-refractivity contribution in [2.45, 2.75) is 50.3 Å². The van der Waals surface area contributed by atoms with Crippen molar-refractivity contribution in [1.82, 2.24) is 15.0 Å². The Kier molecular flexibility index (Phi) is 4.55. The molecule has 0 atom stereocenters. The van der Waals surface area contributed by atoms with E-state index in [0.29, 0.717) is 22.2 Å². The summed E-state index contributed by atoms with van der Waals surface area (Å²) in [5.74, 6) is 1.12. The minimum absolute atomic E-state index is 0.0427. The van der Waals surface area contributed by atoms with Crippen molar-refractivity contribution in [3.8, 4) is 6.07 Å². The predicted molar refractivity (Wildman–Crippen MR) is 105 cm³/mol. The maximum Gasteiger partial charge on any atom is 0.259 e. The van der Waals surface area contributed by atoms with Gasteiger partial charge in [0.2, 0.25) is 0 Å². The molecule has 1 N–H and O–H groups in total. The molecule has 1 aliphatic carbocycles. The maximum atomic E-state index is 12.6. The number of rotatable bonds is 3. The first kappa shape index (κ1) is 17.3. The van der Waals surface area contributed by atoms with Crippen molar-refractivity contribution < 1.29 is 0 Å². The molecule has 0 bridgehead atoms. The maximum absolute atomic E-state index is 12.6. The molecule has 3 aromatic rings. The Labute approximate surface area is 159 Å². The number of aromatic nitrogens is 3. The fourth-order valence-corrected chi connectivity index (χ4v) is 5.71. The normalized spacial score (nSPS) is 13.6. The van der Waals surface area contributed by atoms with Gasteiger partial charge in [0.1, 0.15) is 21.7 Å². The van der Waals surface area contributed by atoms with E-state index < -0.39 is 0 Å². The molecular weight excluding hydrogens is 364 g/mol. The van der Waals surface area contributed by atoms with Gasteiger partial charge in [0.05, 0.1) is 16.7 Å². The van der Waals surface area contributed by atoms with Gasteiger partial charge in [-0.25, -0.2) is 9.97 Å². The number of hydrogen-bond acceptors (Lipinski definition) is 6. The van der Waals surface area contributed by atoms with Gasteiger partial charge in [0.15, 0.2) is 0 Å². The van der Waals surface area contributed by atoms with Gasteiger partial charge < -0.3 is 4.98 Å². The van der Waals surface area contributed by atoms with E-state index in [4.69, 9.17) is 0 Å². The van der Waals surface area contributed by atoms with E-state index in [0.717, 1.165) is 40.7 Å². The molecule has 132 valence electrons. The van der Waals surface area contributed by atoms with Crippen LogP contribution in [0.25, 0.3) is 10.2 Å². The first-order chi connectivity index (χ1) is 12.6. The summed E-state index contributed by atoms with van der Waals surface area (Å²) < 4.78 is 0. The van der Waals surface area contributed by atoms with Gasteiger partial charge in [-0.05, 0) is 56.7 Å². The Morgan fingerprint density at radius 2 is 2.12 bits per heavy atom. The summed E-state index contributed by atoms with van der Waals surface area (Å²) in [6.45, 7) is 3.83. The van der Waals surface area contributed by atoms with Gasteiger partial charge in [0, 0.05) is 10.6 Å². The third-order valence-corrected chi connectivity index (χ3v) is 6.82. The molecule has 5 nitrogen and oxygen atoms in total. The third-order valence-electron chi connectivity index (χ3n) is 4.64. The second kappa shape index (κ2) is 6.86. The van der Waals surface area contributed by atoms with Gasteiger partial charge in [-0.2, -0.15) is 5.26 Å². The van der Waals surface area contributed by atoms with E-state index in [1.54, 1.807) is 11.3 Å². The first-order valence-corrected chi connectivity index (χ1v) is 10.4. The van der Waals surface area contributed by atoms with E-state index in [1.807, 2.05) is 19.9 Å². The number of fused-ring (bicyclic) bond motifs is 3. The van der Waals surface area contributed by atoms with Gasteiger partial charge in [-0.1, -0.05) is 11.8 Å². The molecule has 26 heavy (non-hydrogen) atoms.